The van der Waals surface area contributed by atoms with Crippen LogP contribution in [0.4, 0.5) is 18.9 Å². The molecule has 3 aliphatic rings. The fourth-order valence-electron chi connectivity index (χ4n) is 4.40. The van der Waals surface area contributed by atoms with Crippen LogP contribution < -0.4 is 9.64 Å². The van der Waals surface area contributed by atoms with Crippen molar-refractivity contribution in [1.82, 2.24) is 4.90 Å². The van der Waals surface area contributed by atoms with E-state index in [0.29, 0.717) is 30.4 Å². The van der Waals surface area contributed by atoms with E-state index in [4.69, 9.17) is 10.1 Å². The molecule has 5 nitrogen and oxygen atoms in total. The zero-order chi connectivity index (χ0) is 19.0. The molecule has 0 saturated carbocycles. The smallest absolute Gasteiger partial charge is 0.479 e. The van der Waals surface area contributed by atoms with Crippen molar-refractivity contribution in [2.24, 2.45) is 11.8 Å². The summed E-state index contributed by atoms with van der Waals surface area (Å²) in [5.74, 6) is 1.46. The molecule has 0 aliphatic carbocycles. The second-order valence-corrected chi connectivity index (χ2v) is 7.70. The Morgan fingerprint density at radius 2 is 1.81 bits per heavy atom. The Morgan fingerprint density at radius 3 is 2.44 bits per heavy atom. The Kier molecular flexibility index (Phi) is 4.92. The Morgan fingerprint density at radius 1 is 1.07 bits per heavy atom. The first kappa shape index (κ1) is 18.4. The maximum atomic E-state index is 12.2. The minimum absolute atomic E-state index is 0.185. The van der Waals surface area contributed by atoms with Crippen LogP contribution in [-0.2, 0) is 4.74 Å². The van der Waals surface area contributed by atoms with Gasteiger partial charge in [0.25, 0.3) is 0 Å². The van der Waals surface area contributed by atoms with Crippen molar-refractivity contribution in [2.45, 2.75) is 31.7 Å². The van der Waals surface area contributed by atoms with Crippen LogP contribution in [0.1, 0.15) is 19.3 Å². The van der Waals surface area contributed by atoms with Gasteiger partial charge in [0, 0.05) is 31.7 Å². The molecule has 1 aromatic carbocycles. The highest BCUT2D eigenvalue weighted by Gasteiger charge is 2.38. The first-order valence-electron chi connectivity index (χ1n) is 9.42. The Hall–Kier alpha value is -1.96. The third-order valence-corrected chi connectivity index (χ3v) is 5.89. The van der Waals surface area contributed by atoms with Crippen LogP contribution in [0.5, 0.6) is 5.75 Å². The molecule has 8 heteroatoms. The molecule has 2 atom stereocenters. The van der Waals surface area contributed by atoms with Crippen LogP contribution >= 0.6 is 0 Å². The Labute approximate surface area is 156 Å². The van der Waals surface area contributed by atoms with Gasteiger partial charge < -0.3 is 14.4 Å². The van der Waals surface area contributed by atoms with Crippen molar-refractivity contribution in [1.29, 1.82) is 5.41 Å². The van der Waals surface area contributed by atoms with E-state index in [1.165, 1.54) is 25.0 Å². The fourth-order valence-corrected chi connectivity index (χ4v) is 4.40. The molecule has 148 valence electrons. The van der Waals surface area contributed by atoms with E-state index in [1.807, 2.05) is 0 Å². The normalized spacial score (nSPS) is 27.4. The number of hydrogen-bond donors (Lipinski definition) is 1. The molecule has 0 bridgehead atoms. The molecule has 3 saturated heterocycles. The number of piperidine rings is 1. The maximum absolute atomic E-state index is 12.2. The van der Waals surface area contributed by atoms with E-state index in [9.17, 15) is 13.2 Å². The number of nitrogens with zero attached hydrogens (tertiary/aromatic N) is 2. The molecule has 3 aliphatic heterocycles. The molecule has 27 heavy (non-hydrogen) atoms. The second kappa shape index (κ2) is 7.22. The Bertz CT molecular complexity index is 674. The number of anilines is 1. The summed E-state index contributed by atoms with van der Waals surface area (Å²) in [4.78, 5) is 4.68. The molecule has 0 aromatic heterocycles. The lowest BCUT2D eigenvalue weighted by molar-refractivity contribution is -0.274. The molecular formula is C19H24F3N3O2. The van der Waals surface area contributed by atoms with Crippen molar-refractivity contribution in [3.63, 3.8) is 0 Å². The molecule has 2 unspecified atom stereocenters. The zero-order valence-corrected chi connectivity index (χ0v) is 15.0. The zero-order valence-electron chi connectivity index (χ0n) is 15.0. The van der Waals surface area contributed by atoms with E-state index in [1.54, 1.807) is 12.1 Å². The lowest BCUT2D eigenvalue weighted by atomic mass is 9.80. The van der Waals surface area contributed by atoms with Gasteiger partial charge in [-0.1, -0.05) is 0 Å². The predicted molar refractivity (Wildman–Crippen MR) is 95.2 cm³/mol. The van der Waals surface area contributed by atoms with Crippen LogP contribution in [0.15, 0.2) is 24.3 Å². The topological polar surface area (TPSA) is 48.8 Å². The summed E-state index contributed by atoms with van der Waals surface area (Å²) in [6.45, 7) is 4.64. The fraction of sp³-hybridized carbons (Fsp3) is 0.632. The van der Waals surface area contributed by atoms with Gasteiger partial charge in [0.05, 0.1) is 6.04 Å². The Balaban J connectivity index is 1.28. The minimum Gasteiger partial charge on any atom is -0.479 e. The van der Waals surface area contributed by atoms with Gasteiger partial charge in [-0.2, -0.15) is 0 Å². The summed E-state index contributed by atoms with van der Waals surface area (Å²) in [6.07, 6.45) is -1.54. The van der Waals surface area contributed by atoms with E-state index >= 15 is 0 Å². The van der Waals surface area contributed by atoms with Gasteiger partial charge in [-0.25, -0.2) is 0 Å². The summed E-state index contributed by atoms with van der Waals surface area (Å²) in [5.41, 5.74) is 0.936. The molecule has 4 rings (SSSR count). The summed E-state index contributed by atoms with van der Waals surface area (Å²) >= 11 is 0. The SMILES string of the molecule is N=C1CC(N2CCCC(C3CN(c4ccc(OC(F)(F)F)cc4)C3)C2)CO1. The molecule has 1 aromatic rings. The van der Waals surface area contributed by atoms with Crippen molar-refractivity contribution in [3.05, 3.63) is 24.3 Å². The third-order valence-electron chi connectivity index (χ3n) is 5.89. The first-order valence-corrected chi connectivity index (χ1v) is 9.42. The van der Waals surface area contributed by atoms with E-state index in [0.717, 1.165) is 38.3 Å². The lowest BCUT2D eigenvalue weighted by Crippen LogP contribution is -2.54. The quantitative estimate of drug-likeness (QED) is 0.865. The third kappa shape index (κ3) is 4.31. The second-order valence-electron chi connectivity index (χ2n) is 7.70. The van der Waals surface area contributed by atoms with Crippen molar-refractivity contribution in [3.8, 4) is 5.75 Å². The number of rotatable bonds is 4. The maximum Gasteiger partial charge on any atom is 0.573 e. The monoisotopic (exact) mass is 383 g/mol. The molecular weight excluding hydrogens is 359 g/mol. The first-order chi connectivity index (χ1) is 12.9. The molecule has 0 spiro atoms. The summed E-state index contributed by atoms with van der Waals surface area (Å²) in [7, 11) is 0. The van der Waals surface area contributed by atoms with Crippen LogP contribution in [0.2, 0.25) is 0 Å². The largest absolute Gasteiger partial charge is 0.573 e. The van der Waals surface area contributed by atoms with Crippen molar-refractivity contribution in [2.75, 3.05) is 37.7 Å². The van der Waals surface area contributed by atoms with Gasteiger partial charge in [-0.15, -0.1) is 13.2 Å². The molecule has 0 radical (unpaired) electrons. The van der Waals surface area contributed by atoms with Gasteiger partial charge >= 0.3 is 6.36 Å². The predicted octanol–water partition coefficient (Wildman–Crippen LogP) is 3.50. The van der Waals surface area contributed by atoms with Gasteiger partial charge in [0.15, 0.2) is 5.90 Å². The average molecular weight is 383 g/mol. The van der Waals surface area contributed by atoms with Crippen LogP contribution in [0, 0.1) is 17.2 Å². The summed E-state index contributed by atoms with van der Waals surface area (Å²) in [6, 6.07) is 6.46. The summed E-state index contributed by atoms with van der Waals surface area (Å²) < 4.78 is 46.0. The molecule has 1 N–H and O–H groups in total. The lowest BCUT2D eigenvalue weighted by Gasteiger charge is -2.48. The van der Waals surface area contributed by atoms with Crippen molar-refractivity contribution >= 4 is 11.6 Å². The van der Waals surface area contributed by atoms with Crippen LogP contribution in [0.25, 0.3) is 0 Å². The number of nitrogens with one attached hydrogen (secondary N) is 1. The highest BCUT2D eigenvalue weighted by Crippen LogP contribution is 2.35. The highest BCUT2D eigenvalue weighted by atomic mass is 19.4. The minimum atomic E-state index is -4.65. The van der Waals surface area contributed by atoms with Gasteiger partial charge in [0.2, 0.25) is 0 Å². The number of benzene rings is 1. The van der Waals surface area contributed by atoms with Gasteiger partial charge in [-0.3, -0.25) is 10.3 Å². The summed E-state index contributed by atoms with van der Waals surface area (Å²) in [5, 5.41) is 7.64. The van der Waals surface area contributed by atoms with Gasteiger partial charge in [0.1, 0.15) is 12.4 Å². The van der Waals surface area contributed by atoms with Crippen LogP contribution in [0.3, 0.4) is 0 Å². The number of hydrogen-bond acceptors (Lipinski definition) is 5. The molecule has 0 amide bonds. The average Bonchev–Trinajstić information content (AvgIpc) is 3.01. The van der Waals surface area contributed by atoms with E-state index < -0.39 is 6.36 Å². The number of likely N-dealkylation sites (tertiary alicyclic amines) is 1. The number of alkyl halides is 3. The standard InChI is InChI=1S/C19H24F3N3O2/c20-19(21,22)27-17-5-3-15(4-6-17)25-10-14(11-25)13-2-1-7-24(9-13)16-8-18(23)26-12-16/h3-6,13-14,16,23H,1-2,7-12H2. The van der Waals surface area contributed by atoms with Crippen molar-refractivity contribution < 1.29 is 22.6 Å². The number of ether oxygens (including phenoxy) is 2. The molecule has 3 fully saturated rings. The van der Waals surface area contributed by atoms with E-state index in [2.05, 4.69) is 14.5 Å². The molecule has 3 heterocycles. The highest BCUT2D eigenvalue weighted by molar-refractivity contribution is 5.75. The van der Waals surface area contributed by atoms with Crippen LogP contribution in [-0.4, -0.2) is 56.0 Å². The number of halogens is 3. The van der Waals surface area contributed by atoms with E-state index in [-0.39, 0.29) is 5.75 Å². The van der Waals surface area contributed by atoms with Gasteiger partial charge in [-0.05, 0) is 55.5 Å².